The van der Waals surface area contributed by atoms with Crippen LogP contribution in [-0.2, 0) is 4.79 Å². The molecule has 1 fully saturated rings. The van der Waals surface area contributed by atoms with Gasteiger partial charge in [0.25, 0.3) is 0 Å². The third-order valence-corrected chi connectivity index (χ3v) is 4.98. The summed E-state index contributed by atoms with van der Waals surface area (Å²) in [5, 5.41) is 6.79. The van der Waals surface area contributed by atoms with E-state index in [1.807, 2.05) is 4.90 Å². The normalized spacial score (nSPS) is 16.4. The lowest BCUT2D eigenvalue weighted by molar-refractivity contribution is -0.130. The van der Waals surface area contributed by atoms with Crippen molar-refractivity contribution in [1.29, 1.82) is 0 Å². The van der Waals surface area contributed by atoms with Gasteiger partial charge in [-0.05, 0) is 18.4 Å². The van der Waals surface area contributed by atoms with Crippen LogP contribution >= 0.6 is 24.0 Å². The molecule has 2 rings (SSSR count). The molecule has 1 unspecified atom stereocenters. The lowest BCUT2D eigenvalue weighted by Gasteiger charge is -2.34. The molecule has 0 aromatic heterocycles. The van der Waals surface area contributed by atoms with E-state index in [0.717, 1.165) is 51.8 Å². The Morgan fingerprint density at radius 3 is 2.33 bits per heavy atom. The lowest BCUT2D eigenvalue weighted by Crippen LogP contribution is -2.50. The highest BCUT2D eigenvalue weighted by atomic mass is 127. The number of aryl methyl sites for hydroxylation is 1. The van der Waals surface area contributed by atoms with Crippen molar-refractivity contribution in [2.45, 2.75) is 26.7 Å². The Bertz CT molecular complexity index is 597. The van der Waals surface area contributed by atoms with Gasteiger partial charge in [-0.25, -0.2) is 0 Å². The molecule has 2 N–H and O–H groups in total. The third-order valence-electron chi connectivity index (χ3n) is 4.98. The zero-order chi connectivity index (χ0) is 18.9. The molecular formula is C20H34IN5O. The Balaban J connectivity index is 0.00000364. The van der Waals surface area contributed by atoms with Crippen molar-refractivity contribution in [2.24, 2.45) is 4.99 Å². The molecule has 1 aromatic carbocycles. The Morgan fingerprint density at radius 1 is 1.15 bits per heavy atom. The molecule has 152 valence electrons. The topological polar surface area (TPSA) is 60.0 Å². The Morgan fingerprint density at radius 2 is 1.78 bits per heavy atom. The van der Waals surface area contributed by atoms with Crippen LogP contribution in [0.25, 0.3) is 0 Å². The van der Waals surface area contributed by atoms with Crippen LogP contribution < -0.4 is 10.6 Å². The predicted octanol–water partition coefficient (Wildman–Crippen LogP) is 2.05. The SMILES string of the molecule is CN=C(NCCN1CCN(C(C)=O)CC1)NCC(C)c1ccc(C)cc1.I. The summed E-state index contributed by atoms with van der Waals surface area (Å²) >= 11 is 0. The van der Waals surface area contributed by atoms with E-state index in [-0.39, 0.29) is 29.9 Å². The van der Waals surface area contributed by atoms with E-state index in [1.165, 1.54) is 11.1 Å². The highest BCUT2D eigenvalue weighted by Crippen LogP contribution is 2.14. The van der Waals surface area contributed by atoms with E-state index >= 15 is 0 Å². The highest BCUT2D eigenvalue weighted by molar-refractivity contribution is 14.0. The number of nitrogens with zero attached hydrogens (tertiary/aromatic N) is 3. The van der Waals surface area contributed by atoms with Crippen LogP contribution in [-0.4, -0.2) is 74.5 Å². The summed E-state index contributed by atoms with van der Waals surface area (Å²) in [4.78, 5) is 20.0. The average Bonchev–Trinajstić information content (AvgIpc) is 2.65. The van der Waals surface area contributed by atoms with Crippen molar-refractivity contribution in [3.8, 4) is 0 Å². The maximum absolute atomic E-state index is 11.4. The molecule has 0 saturated carbocycles. The quantitative estimate of drug-likeness (QED) is 0.367. The fraction of sp³-hybridized carbons (Fsp3) is 0.600. The molecule has 0 bridgehead atoms. The number of nitrogens with one attached hydrogen (secondary N) is 2. The van der Waals surface area contributed by atoms with Crippen molar-refractivity contribution in [3.05, 3.63) is 35.4 Å². The Labute approximate surface area is 180 Å². The molecule has 0 radical (unpaired) electrons. The number of carbonyl (C=O) groups is 1. The lowest BCUT2D eigenvalue weighted by atomic mass is 10.0. The first-order valence-corrected chi connectivity index (χ1v) is 9.48. The Kier molecular flexibility index (Phi) is 10.7. The van der Waals surface area contributed by atoms with E-state index in [0.29, 0.717) is 5.92 Å². The third kappa shape index (κ3) is 8.04. The summed E-state index contributed by atoms with van der Waals surface area (Å²) in [6.45, 7) is 12.2. The number of benzene rings is 1. The number of carbonyl (C=O) groups excluding carboxylic acids is 1. The molecule has 1 aliphatic rings. The van der Waals surface area contributed by atoms with Gasteiger partial charge in [-0.1, -0.05) is 36.8 Å². The summed E-state index contributed by atoms with van der Waals surface area (Å²) in [6, 6.07) is 8.70. The summed E-state index contributed by atoms with van der Waals surface area (Å²) in [7, 11) is 1.80. The van der Waals surface area contributed by atoms with Crippen molar-refractivity contribution >= 4 is 35.8 Å². The number of hydrogen-bond donors (Lipinski definition) is 2. The molecule has 7 heteroatoms. The predicted molar refractivity (Wildman–Crippen MR) is 123 cm³/mol. The van der Waals surface area contributed by atoms with Gasteiger partial charge in [0.15, 0.2) is 5.96 Å². The second-order valence-corrected chi connectivity index (χ2v) is 7.04. The minimum atomic E-state index is 0. The first-order chi connectivity index (χ1) is 12.5. The smallest absolute Gasteiger partial charge is 0.219 e. The zero-order valence-corrected chi connectivity index (χ0v) is 19.3. The van der Waals surface area contributed by atoms with E-state index in [4.69, 9.17) is 0 Å². The molecule has 0 aliphatic carbocycles. The second kappa shape index (κ2) is 12.2. The Hall–Kier alpha value is -1.35. The minimum Gasteiger partial charge on any atom is -0.356 e. The van der Waals surface area contributed by atoms with Crippen molar-refractivity contribution in [3.63, 3.8) is 0 Å². The van der Waals surface area contributed by atoms with Crippen LogP contribution in [0.5, 0.6) is 0 Å². The minimum absolute atomic E-state index is 0. The fourth-order valence-corrected chi connectivity index (χ4v) is 3.10. The van der Waals surface area contributed by atoms with Gasteiger partial charge in [-0.15, -0.1) is 24.0 Å². The first kappa shape index (κ1) is 23.7. The van der Waals surface area contributed by atoms with Gasteiger partial charge in [0.05, 0.1) is 0 Å². The van der Waals surface area contributed by atoms with Crippen LogP contribution in [0.2, 0.25) is 0 Å². The molecule has 6 nitrogen and oxygen atoms in total. The average molecular weight is 487 g/mol. The van der Waals surface area contributed by atoms with Gasteiger partial charge in [-0.2, -0.15) is 0 Å². The molecule has 1 aromatic rings. The van der Waals surface area contributed by atoms with Crippen LogP contribution in [0.4, 0.5) is 0 Å². The van der Waals surface area contributed by atoms with Crippen molar-refractivity contribution in [2.75, 3.05) is 52.9 Å². The number of aliphatic imine (C=N–C) groups is 1. The monoisotopic (exact) mass is 487 g/mol. The molecule has 0 spiro atoms. The van der Waals surface area contributed by atoms with E-state index in [1.54, 1.807) is 14.0 Å². The summed E-state index contributed by atoms with van der Waals surface area (Å²) < 4.78 is 0. The number of amides is 1. The number of piperazine rings is 1. The van der Waals surface area contributed by atoms with E-state index in [9.17, 15) is 4.79 Å². The maximum atomic E-state index is 11.4. The molecular weight excluding hydrogens is 453 g/mol. The summed E-state index contributed by atoms with van der Waals surface area (Å²) in [5.74, 6) is 1.44. The van der Waals surface area contributed by atoms with Crippen LogP contribution in [0.3, 0.4) is 0 Å². The summed E-state index contributed by atoms with van der Waals surface area (Å²) in [5.41, 5.74) is 2.62. The van der Waals surface area contributed by atoms with Crippen LogP contribution in [0.15, 0.2) is 29.3 Å². The van der Waals surface area contributed by atoms with E-state index in [2.05, 4.69) is 58.6 Å². The molecule has 1 saturated heterocycles. The first-order valence-electron chi connectivity index (χ1n) is 9.48. The van der Waals surface area contributed by atoms with Crippen LogP contribution in [0.1, 0.15) is 30.9 Å². The van der Waals surface area contributed by atoms with Crippen LogP contribution in [0, 0.1) is 6.92 Å². The van der Waals surface area contributed by atoms with Gasteiger partial charge < -0.3 is 15.5 Å². The highest BCUT2D eigenvalue weighted by Gasteiger charge is 2.18. The molecule has 1 aliphatic heterocycles. The molecule has 27 heavy (non-hydrogen) atoms. The van der Waals surface area contributed by atoms with Gasteiger partial charge in [0.2, 0.25) is 5.91 Å². The number of halogens is 1. The summed E-state index contributed by atoms with van der Waals surface area (Å²) in [6.07, 6.45) is 0. The number of hydrogen-bond acceptors (Lipinski definition) is 3. The molecule has 1 heterocycles. The maximum Gasteiger partial charge on any atom is 0.219 e. The van der Waals surface area contributed by atoms with Crippen molar-refractivity contribution < 1.29 is 4.79 Å². The molecule has 1 amide bonds. The van der Waals surface area contributed by atoms with E-state index < -0.39 is 0 Å². The fourth-order valence-electron chi connectivity index (χ4n) is 3.10. The van der Waals surface area contributed by atoms with Gasteiger partial charge in [0, 0.05) is 59.8 Å². The molecule has 1 atom stereocenters. The van der Waals surface area contributed by atoms with Gasteiger partial charge >= 0.3 is 0 Å². The second-order valence-electron chi connectivity index (χ2n) is 7.04. The standard InChI is InChI=1S/C20H33N5O.HI/c1-16-5-7-19(8-6-16)17(2)15-23-20(21-4)22-9-10-24-11-13-25(14-12-24)18(3)26;/h5-8,17H,9-15H2,1-4H3,(H2,21,22,23);1H. The largest absolute Gasteiger partial charge is 0.356 e. The van der Waals surface area contributed by atoms with Crippen molar-refractivity contribution in [1.82, 2.24) is 20.4 Å². The van der Waals surface area contributed by atoms with Gasteiger partial charge in [0.1, 0.15) is 0 Å². The van der Waals surface area contributed by atoms with Gasteiger partial charge in [-0.3, -0.25) is 14.7 Å². The number of rotatable bonds is 6. The number of guanidine groups is 1. The zero-order valence-electron chi connectivity index (χ0n) is 17.0.